The number of piperidine rings is 1. The van der Waals surface area contributed by atoms with Gasteiger partial charge in [-0.15, -0.1) is 0 Å². The molecule has 0 bridgehead atoms. The first-order valence-electron chi connectivity index (χ1n) is 6.24. The fourth-order valence-electron chi connectivity index (χ4n) is 2.36. The van der Waals surface area contributed by atoms with Crippen molar-refractivity contribution in [2.45, 2.75) is 19.4 Å². The minimum atomic E-state index is -0.241. The van der Waals surface area contributed by atoms with Crippen molar-refractivity contribution in [3.05, 3.63) is 34.1 Å². The van der Waals surface area contributed by atoms with Gasteiger partial charge in [-0.25, -0.2) is 4.39 Å². The lowest BCUT2D eigenvalue weighted by Gasteiger charge is -2.31. The third-order valence-corrected chi connectivity index (χ3v) is 4.12. The van der Waals surface area contributed by atoms with Gasteiger partial charge in [-0.1, -0.05) is 11.2 Å². The van der Waals surface area contributed by atoms with Gasteiger partial charge in [0.1, 0.15) is 11.7 Å². The van der Waals surface area contributed by atoms with Gasteiger partial charge in [0, 0.05) is 12.5 Å². The van der Waals surface area contributed by atoms with Crippen molar-refractivity contribution < 1.29 is 9.60 Å². The quantitative estimate of drug-likeness (QED) is 0.387. The molecule has 0 radical (unpaired) electrons. The van der Waals surface area contributed by atoms with E-state index in [1.165, 1.54) is 6.07 Å². The van der Waals surface area contributed by atoms with Gasteiger partial charge >= 0.3 is 0 Å². The highest BCUT2D eigenvalue weighted by molar-refractivity contribution is 9.10. The maximum absolute atomic E-state index is 13.1. The Morgan fingerprint density at radius 1 is 1.47 bits per heavy atom. The van der Waals surface area contributed by atoms with E-state index >= 15 is 0 Å². The van der Waals surface area contributed by atoms with E-state index in [4.69, 9.17) is 10.9 Å². The van der Waals surface area contributed by atoms with Crippen molar-refractivity contribution in [2.24, 2.45) is 16.8 Å². The Labute approximate surface area is 120 Å². The summed E-state index contributed by atoms with van der Waals surface area (Å²) < 4.78 is 13.6. The summed E-state index contributed by atoms with van der Waals surface area (Å²) in [4.78, 5) is 2.29. The summed E-state index contributed by atoms with van der Waals surface area (Å²) in [5, 5.41) is 11.7. The summed E-state index contributed by atoms with van der Waals surface area (Å²) in [6.07, 6.45) is 1.77. The van der Waals surface area contributed by atoms with E-state index in [0.717, 1.165) is 38.0 Å². The van der Waals surface area contributed by atoms with Gasteiger partial charge in [0.15, 0.2) is 0 Å². The van der Waals surface area contributed by atoms with Gasteiger partial charge in [-0.3, -0.25) is 4.90 Å². The zero-order valence-corrected chi connectivity index (χ0v) is 12.1. The van der Waals surface area contributed by atoms with Gasteiger partial charge in [0.25, 0.3) is 0 Å². The number of amidine groups is 1. The molecular weight excluding hydrogens is 313 g/mol. The first-order valence-corrected chi connectivity index (χ1v) is 7.03. The molecule has 3 N–H and O–H groups in total. The van der Waals surface area contributed by atoms with E-state index in [-0.39, 0.29) is 11.7 Å². The van der Waals surface area contributed by atoms with E-state index in [2.05, 4.69) is 26.0 Å². The monoisotopic (exact) mass is 329 g/mol. The van der Waals surface area contributed by atoms with E-state index in [1.807, 2.05) is 6.07 Å². The lowest BCUT2D eigenvalue weighted by molar-refractivity contribution is 0.198. The molecule has 6 heteroatoms. The van der Waals surface area contributed by atoms with Crippen LogP contribution >= 0.6 is 15.9 Å². The van der Waals surface area contributed by atoms with Crippen molar-refractivity contribution in [2.75, 3.05) is 13.1 Å². The van der Waals surface area contributed by atoms with Crippen molar-refractivity contribution in [3.8, 4) is 0 Å². The largest absolute Gasteiger partial charge is 0.409 e. The van der Waals surface area contributed by atoms with Crippen molar-refractivity contribution >= 4 is 21.8 Å². The van der Waals surface area contributed by atoms with Gasteiger partial charge < -0.3 is 10.9 Å². The minimum Gasteiger partial charge on any atom is -0.409 e. The van der Waals surface area contributed by atoms with Gasteiger partial charge in [0.2, 0.25) is 0 Å². The molecule has 104 valence electrons. The Hall–Kier alpha value is -1.14. The van der Waals surface area contributed by atoms with Crippen LogP contribution < -0.4 is 5.73 Å². The molecule has 1 aliphatic heterocycles. The Kier molecular flexibility index (Phi) is 4.76. The molecule has 0 aliphatic carbocycles. The zero-order chi connectivity index (χ0) is 13.8. The summed E-state index contributed by atoms with van der Waals surface area (Å²) in [5.74, 6) is 0.250. The lowest BCUT2D eigenvalue weighted by atomic mass is 9.95. The predicted octanol–water partition coefficient (Wildman–Crippen LogP) is 2.55. The molecule has 1 saturated heterocycles. The van der Waals surface area contributed by atoms with Crippen molar-refractivity contribution in [1.29, 1.82) is 0 Å². The number of nitrogens with two attached hydrogens (primary N) is 1. The number of rotatable bonds is 3. The molecule has 4 nitrogen and oxygen atoms in total. The molecule has 0 aromatic heterocycles. The second kappa shape index (κ2) is 6.34. The highest BCUT2D eigenvalue weighted by atomic mass is 79.9. The standard InChI is InChI=1S/C13H17BrFN3O/c14-11-7-9(1-2-12(11)15)8-18-5-3-10(4-6-18)13(16)17-19/h1-2,7,10,19H,3-6,8H2,(H2,16,17). The summed E-state index contributed by atoms with van der Waals surface area (Å²) in [7, 11) is 0. The number of oxime groups is 1. The van der Waals surface area contributed by atoms with Crippen LogP contribution in [0.15, 0.2) is 27.8 Å². The van der Waals surface area contributed by atoms with Gasteiger partial charge in [-0.05, 0) is 59.6 Å². The number of nitrogens with zero attached hydrogens (tertiary/aromatic N) is 2. The molecule has 0 atom stereocenters. The number of halogens is 2. The van der Waals surface area contributed by atoms with E-state index in [1.54, 1.807) is 6.07 Å². The molecular formula is C13H17BrFN3O. The van der Waals surface area contributed by atoms with Crippen molar-refractivity contribution in [1.82, 2.24) is 4.90 Å². The van der Waals surface area contributed by atoms with Crippen LogP contribution in [0, 0.1) is 11.7 Å². The van der Waals surface area contributed by atoms with Crippen LogP contribution in [-0.2, 0) is 6.54 Å². The first kappa shape index (κ1) is 14.3. The molecule has 1 fully saturated rings. The van der Waals surface area contributed by atoms with Crippen LogP contribution in [0.1, 0.15) is 18.4 Å². The minimum absolute atomic E-state index is 0.168. The highest BCUT2D eigenvalue weighted by Crippen LogP contribution is 2.21. The maximum atomic E-state index is 13.1. The second-order valence-corrected chi connectivity index (χ2v) is 5.68. The molecule has 0 unspecified atom stereocenters. The molecule has 1 aliphatic rings. The topological polar surface area (TPSA) is 61.9 Å². The first-order chi connectivity index (χ1) is 9.10. The van der Waals surface area contributed by atoms with Crippen LogP contribution in [0.2, 0.25) is 0 Å². The summed E-state index contributed by atoms with van der Waals surface area (Å²) >= 11 is 3.20. The molecule has 2 rings (SSSR count). The Morgan fingerprint density at radius 2 is 2.16 bits per heavy atom. The fraction of sp³-hybridized carbons (Fsp3) is 0.462. The Bertz CT molecular complexity index is 473. The third-order valence-electron chi connectivity index (χ3n) is 3.51. The number of hydrogen-bond acceptors (Lipinski definition) is 3. The third kappa shape index (κ3) is 3.67. The number of benzene rings is 1. The van der Waals surface area contributed by atoms with Crippen molar-refractivity contribution in [3.63, 3.8) is 0 Å². The average Bonchev–Trinajstić information content (AvgIpc) is 2.43. The summed E-state index contributed by atoms with van der Waals surface area (Å²) in [6, 6.07) is 5.09. The van der Waals surface area contributed by atoms with Gasteiger partial charge in [-0.2, -0.15) is 0 Å². The Balaban J connectivity index is 1.90. The zero-order valence-electron chi connectivity index (χ0n) is 10.5. The van der Waals surface area contributed by atoms with E-state index in [0.29, 0.717) is 10.3 Å². The van der Waals surface area contributed by atoms with Crippen LogP contribution in [-0.4, -0.2) is 29.0 Å². The van der Waals surface area contributed by atoms with E-state index in [9.17, 15) is 4.39 Å². The maximum Gasteiger partial charge on any atom is 0.142 e. The highest BCUT2D eigenvalue weighted by Gasteiger charge is 2.22. The number of hydrogen-bond donors (Lipinski definition) is 2. The van der Waals surface area contributed by atoms with Crippen LogP contribution in [0.3, 0.4) is 0 Å². The predicted molar refractivity (Wildman–Crippen MR) is 75.5 cm³/mol. The molecule has 19 heavy (non-hydrogen) atoms. The normalized spacial score (nSPS) is 18.7. The Morgan fingerprint density at radius 3 is 2.74 bits per heavy atom. The van der Waals surface area contributed by atoms with Gasteiger partial charge in [0.05, 0.1) is 4.47 Å². The lowest BCUT2D eigenvalue weighted by Crippen LogP contribution is -2.38. The van der Waals surface area contributed by atoms with E-state index < -0.39 is 0 Å². The smallest absolute Gasteiger partial charge is 0.142 e. The summed E-state index contributed by atoms with van der Waals surface area (Å²) in [5.41, 5.74) is 6.70. The van der Waals surface area contributed by atoms with Crippen LogP contribution in [0.25, 0.3) is 0 Å². The molecule has 1 aromatic carbocycles. The van der Waals surface area contributed by atoms with Crippen LogP contribution in [0.4, 0.5) is 4.39 Å². The number of likely N-dealkylation sites (tertiary alicyclic amines) is 1. The molecule has 0 spiro atoms. The summed E-state index contributed by atoms with van der Waals surface area (Å²) in [6.45, 7) is 2.59. The average molecular weight is 330 g/mol. The molecule has 0 saturated carbocycles. The molecule has 1 heterocycles. The SMILES string of the molecule is NC(=NO)C1CCN(Cc2ccc(F)c(Br)c2)CC1. The fourth-order valence-corrected chi connectivity index (χ4v) is 2.79. The second-order valence-electron chi connectivity index (χ2n) is 4.82. The molecule has 1 aromatic rings. The van der Waals surface area contributed by atoms with Crippen LogP contribution in [0.5, 0.6) is 0 Å². The molecule has 0 amide bonds.